The SMILES string of the molecule is O=C(O)C1CN=C(C2CSCCN2)N1. The van der Waals surface area contributed by atoms with Crippen LogP contribution in [-0.2, 0) is 4.79 Å². The molecule has 0 radical (unpaired) electrons. The van der Waals surface area contributed by atoms with Crippen LogP contribution in [0.4, 0.5) is 0 Å². The molecule has 2 rings (SSSR count). The van der Waals surface area contributed by atoms with Gasteiger partial charge in [-0.2, -0.15) is 11.8 Å². The minimum atomic E-state index is -0.827. The van der Waals surface area contributed by atoms with Gasteiger partial charge >= 0.3 is 5.97 Å². The zero-order valence-corrected chi connectivity index (χ0v) is 8.51. The van der Waals surface area contributed by atoms with E-state index in [9.17, 15) is 4.79 Å². The Hall–Kier alpha value is -0.750. The fourth-order valence-corrected chi connectivity index (χ4v) is 2.49. The van der Waals surface area contributed by atoms with Crippen molar-refractivity contribution >= 4 is 23.6 Å². The van der Waals surface area contributed by atoms with Gasteiger partial charge in [0.1, 0.15) is 11.9 Å². The van der Waals surface area contributed by atoms with Crippen LogP contribution in [0.25, 0.3) is 0 Å². The van der Waals surface area contributed by atoms with Gasteiger partial charge in [0.25, 0.3) is 0 Å². The lowest BCUT2D eigenvalue weighted by atomic mass is 10.3. The fraction of sp³-hybridized carbons (Fsp3) is 0.750. The van der Waals surface area contributed by atoms with Crippen molar-refractivity contribution < 1.29 is 9.90 Å². The van der Waals surface area contributed by atoms with Crippen LogP contribution < -0.4 is 10.6 Å². The van der Waals surface area contributed by atoms with Crippen LogP contribution in [0.5, 0.6) is 0 Å². The van der Waals surface area contributed by atoms with Gasteiger partial charge in [-0.3, -0.25) is 4.99 Å². The zero-order valence-electron chi connectivity index (χ0n) is 7.69. The second-order valence-corrected chi connectivity index (χ2v) is 4.49. The molecule has 2 aliphatic rings. The average molecular weight is 215 g/mol. The Morgan fingerprint density at radius 2 is 2.50 bits per heavy atom. The molecule has 0 spiro atoms. The number of thioether (sulfide) groups is 1. The maximum Gasteiger partial charge on any atom is 0.328 e. The molecule has 2 unspecified atom stereocenters. The lowest BCUT2D eigenvalue weighted by Crippen LogP contribution is -2.50. The number of nitrogens with zero attached hydrogens (tertiary/aromatic N) is 1. The topological polar surface area (TPSA) is 73.7 Å². The van der Waals surface area contributed by atoms with Gasteiger partial charge in [-0.05, 0) is 0 Å². The third-order valence-corrected chi connectivity index (χ3v) is 3.38. The first-order valence-electron chi connectivity index (χ1n) is 4.62. The summed E-state index contributed by atoms with van der Waals surface area (Å²) in [5.74, 6) is 2.07. The summed E-state index contributed by atoms with van der Waals surface area (Å²) in [7, 11) is 0. The van der Waals surface area contributed by atoms with Crippen LogP contribution in [0, 0.1) is 0 Å². The molecular formula is C8H13N3O2S. The third kappa shape index (κ3) is 2.01. The van der Waals surface area contributed by atoms with Crippen LogP contribution in [0.2, 0.25) is 0 Å². The van der Waals surface area contributed by atoms with Crippen molar-refractivity contribution in [2.75, 3.05) is 24.6 Å². The molecule has 0 bridgehead atoms. The molecule has 5 nitrogen and oxygen atoms in total. The highest BCUT2D eigenvalue weighted by Gasteiger charge is 2.29. The number of carbonyl (C=O) groups is 1. The molecule has 2 heterocycles. The van der Waals surface area contributed by atoms with Crippen molar-refractivity contribution in [1.29, 1.82) is 0 Å². The normalized spacial score (nSPS) is 32.1. The average Bonchev–Trinajstić information content (AvgIpc) is 2.68. The van der Waals surface area contributed by atoms with E-state index in [0.29, 0.717) is 6.54 Å². The Labute approximate surface area is 86.4 Å². The highest BCUT2D eigenvalue weighted by Crippen LogP contribution is 2.10. The maximum absolute atomic E-state index is 10.7. The van der Waals surface area contributed by atoms with Gasteiger partial charge in [0.05, 0.1) is 12.6 Å². The lowest BCUT2D eigenvalue weighted by Gasteiger charge is -2.23. The number of carboxylic acids is 1. The van der Waals surface area contributed by atoms with E-state index in [-0.39, 0.29) is 6.04 Å². The standard InChI is InChI=1S/C8H13N3O2S/c12-8(13)5-3-10-7(11-5)6-4-14-2-1-9-6/h5-6,9H,1-4H2,(H,10,11)(H,12,13). The van der Waals surface area contributed by atoms with Crippen LogP contribution in [0.3, 0.4) is 0 Å². The summed E-state index contributed by atoms with van der Waals surface area (Å²) >= 11 is 1.87. The van der Waals surface area contributed by atoms with Gasteiger partial charge < -0.3 is 15.7 Å². The molecular weight excluding hydrogens is 202 g/mol. The summed E-state index contributed by atoms with van der Waals surface area (Å²) in [5, 5.41) is 15.0. The van der Waals surface area contributed by atoms with E-state index in [4.69, 9.17) is 5.11 Å². The second-order valence-electron chi connectivity index (χ2n) is 3.34. The third-order valence-electron chi connectivity index (χ3n) is 2.32. The summed E-state index contributed by atoms with van der Waals surface area (Å²) < 4.78 is 0. The summed E-state index contributed by atoms with van der Waals surface area (Å²) in [4.78, 5) is 14.9. The predicted molar refractivity (Wildman–Crippen MR) is 56.0 cm³/mol. The molecule has 6 heteroatoms. The monoisotopic (exact) mass is 215 g/mol. The van der Waals surface area contributed by atoms with Crippen molar-refractivity contribution in [2.24, 2.45) is 4.99 Å². The van der Waals surface area contributed by atoms with Crippen molar-refractivity contribution in [3.8, 4) is 0 Å². The molecule has 14 heavy (non-hydrogen) atoms. The van der Waals surface area contributed by atoms with E-state index >= 15 is 0 Å². The molecule has 0 saturated carbocycles. The summed E-state index contributed by atoms with van der Waals surface area (Å²) in [5.41, 5.74) is 0. The summed E-state index contributed by atoms with van der Waals surface area (Å²) in [6.07, 6.45) is 0. The molecule has 78 valence electrons. The first kappa shape index (κ1) is 9.79. The van der Waals surface area contributed by atoms with Gasteiger partial charge in [-0.15, -0.1) is 0 Å². The molecule has 2 aliphatic heterocycles. The molecule has 0 aromatic heterocycles. The number of hydrogen-bond acceptors (Lipinski definition) is 5. The van der Waals surface area contributed by atoms with E-state index in [2.05, 4.69) is 15.6 Å². The molecule has 0 aromatic rings. The van der Waals surface area contributed by atoms with Crippen molar-refractivity contribution in [2.45, 2.75) is 12.1 Å². The van der Waals surface area contributed by atoms with Crippen molar-refractivity contribution in [3.05, 3.63) is 0 Å². The zero-order chi connectivity index (χ0) is 9.97. The molecule has 0 aromatic carbocycles. The Morgan fingerprint density at radius 1 is 1.64 bits per heavy atom. The van der Waals surface area contributed by atoms with Gasteiger partial charge in [0, 0.05) is 18.1 Å². The number of aliphatic carboxylic acids is 1. The number of rotatable bonds is 2. The van der Waals surface area contributed by atoms with E-state index in [1.807, 2.05) is 11.8 Å². The minimum absolute atomic E-state index is 0.207. The van der Waals surface area contributed by atoms with Crippen LogP contribution in [-0.4, -0.2) is 53.6 Å². The molecule has 3 N–H and O–H groups in total. The van der Waals surface area contributed by atoms with Gasteiger partial charge in [0.2, 0.25) is 0 Å². The van der Waals surface area contributed by atoms with E-state index < -0.39 is 12.0 Å². The van der Waals surface area contributed by atoms with Crippen molar-refractivity contribution in [1.82, 2.24) is 10.6 Å². The van der Waals surface area contributed by atoms with Crippen LogP contribution in [0.1, 0.15) is 0 Å². The lowest BCUT2D eigenvalue weighted by molar-refractivity contribution is -0.138. The Morgan fingerprint density at radius 3 is 3.07 bits per heavy atom. The predicted octanol–water partition coefficient (Wildman–Crippen LogP) is -0.854. The largest absolute Gasteiger partial charge is 0.480 e. The minimum Gasteiger partial charge on any atom is -0.480 e. The highest BCUT2D eigenvalue weighted by atomic mass is 32.2. The summed E-state index contributed by atoms with van der Waals surface area (Å²) in [6, 6.07) is -0.322. The van der Waals surface area contributed by atoms with E-state index in [1.54, 1.807) is 0 Å². The van der Waals surface area contributed by atoms with Gasteiger partial charge in [-0.25, -0.2) is 4.79 Å². The number of amidine groups is 1. The molecule has 1 fully saturated rings. The molecule has 0 amide bonds. The Kier molecular flexibility index (Phi) is 2.93. The van der Waals surface area contributed by atoms with Crippen LogP contribution >= 0.6 is 11.8 Å². The Balaban J connectivity index is 1.90. The van der Waals surface area contributed by atoms with E-state index in [0.717, 1.165) is 23.9 Å². The van der Waals surface area contributed by atoms with Gasteiger partial charge in [0.15, 0.2) is 0 Å². The molecule has 2 atom stereocenters. The second kappa shape index (κ2) is 4.18. The number of nitrogens with one attached hydrogen (secondary N) is 2. The Bertz CT molecular complexity index is 263. The van der Waals surface area contributed by atoms with Gasteiger partial charge in [-0.1, -0.05) is 0 Å². The number of aliphatic imine (C=N–C) groups is 1. The fourth-order valence-electron chi connectivity index (χ4n) is 1.55. The van der Waals surface area contributed by atoms with E-state index in [1.165, 1.54) is 0 Å². The molecule has 0 aliphatic carbocycles. The quantitative estimate of drug-likeness (QED) is 0.559. The molecule has 1 saturated heterocycles. The first-order chi connectivity index (χ1) is 6.77. The summed E-state index contributed by atoms with van der Waals surface area (Å²) in [6.45, 7) is 1.32. The van der Waals surface area contributed by atoms with Crippen LogP contribution in [0.15, 0.2) is 4.99 Å². The number of hydrogen-bond donors (Lipinski definition) is 3. The number of carboxylic acid groups (broad SMARTS) is 1. The highest BCUT2D eigenvalue weighted by molar-refractivity contribution is 7.99. The first-order valence-corrected chi connectivity index (χ1v) is 5.77. The van der Waals surface area contributed by atoms with Crippen molar-refractivity contribution in [3.63, 3.8) is 0 Å². The smallest absolute Gasteiger partial charge is 0.328 e. The maximum atomic E-state index is 10.7.